The third-order valence-electron chi connectivity index (χ3n) is 5.36. The van der Waals surface area contributed by atoms with Crippen LogP contribution in [0.25, 0.3) is 0 Å². The number of carbonyl (C=O) groups excluding carboxylic acids is 1. The van der Waals surface area contributed by atoms with Gasteiger partial charge in [-0.1, -0.05) is 18.5 Å². The first-order valence-electron chi connectivity index (χ1n) is 9.97. The lowest BCUT2D eigenvalue weighted by atomic mass is 10.1. The number of halogens is 2. The zero-order valence-electron chi connectivity index (χ0n) is 16.6. The Kier molecular flexibility index (Phi) is 5.97. The zero-order chi connectivity index (χ0) is 21.3. The quantitative estimate of drug-likeness (QED) is 0.760. The highest BCUT2D eigenvalue weighted by Crippen LogP contribution is 2.29. The third kappa shape index (κ3) is 4.29. The number of nitrogens with one attached hydrogen (secondary N) is 1. The van der Waals surface area contributed by atoms with Gasteiger partial charge in [0.15, 0.2) is 0 Å². The molecule has 1 unspecified atom stereocenters. The van der Waals surface area contributed by atoms with Crippen LogP contribution in [0.4, 0.5) is 4.39 Å². The van der Waals surface area contributed by atoms with Crippen molar-refractivity contribution in [1.82, 2.24) is 19.8 Å². The van der Waals surface area contributed by atoms with Crippen LogP contribution < -0.4 is 4.74 Å². The summed E-state index contributed by atoms with van der Waals surface area (Å²) in [4.78, 5) is 25.3. The molecule has 0 radical (unpaired) electrons. The predicted molar refractivity (Wildman–Crippen MR) is 111 cm³/mol. The van der Waals surface area contributed by atoms with Gasteiger partial charge in [0.25, 0.3) is 5.91 Å². The average Bonchev–Trinajstić information content (AvgIpc) is 3.08. The van der Waals surface area contributed by atoms with Gasteiger partial charge in [-0.05, 0) is 25.1 Å². The number of hydrogen-bond acceptors (Lipinski definition) is 6. The van der Waals surface area contributed by atoms with Crippen LogP contribution in [0.5, 0.6) is 5.75 Å². The van der Waals surface area contributed by atoms with Gasteiger partial charge >= 0.3 is 0 Å². The van der Waals surface area contributed by atoms with E-state index in [2.05, 4.69) is 21.8 Å². The maximum Gasteiger partial charge on any atom is 0.257 e. The fourth-order valence-electron chi connectivity index (χ4n) is 3.82. The van der Waals surface area contributed by atoms with E-state index < -0.39 is 5.82 Å². The van der Waals surface area contributed by atoms with Crippen molar-refractivity contribution in [3.8, 4) is 5.75 Å². The highest BCUT2D eigenvalue weighted by atomic mass is 35.5. The van der Waals surface area contributed by atoms with E-state index in [9.17, 15) is 9.18 Å². The summed E-state index contributed by atoms with van der Waals surface area (Å²) in [7, 11) is 0. The summed E-state index contributed by atoms with van der Waals surface area (Å²) in [6.07, 6.45) is 3.97. The standard InChI is InChI=1S/C21H23ClFN5O2/c1-2-5-27-9-15(10-27)30-19-6-14(23)3-4-16(19)21(29)28-11-17(18(24)12-28)20-25-7-13(22)8-26-20/h3-4,6-8,15,17,24H,2,5,9-12H2,1H3. The number of likely N-dealkylation sites (tertiary alicyclic amines) is 2. The fourth-order valence-corrected chi connectivity index (χ4v) is 3.92. The van der Waals surface area contributed by atoms with Crippen LogP contribution in [0.3, 0.4) is 0 Å². The summed E-state index contributed by atoms with van der Waals surface area (Å²) in [6.45, 7) is 5.10. The van der Waals surface area contributed by atoms with Gasteiger partial charge in [0.1, 0.15) is 23.5 Å². The molecule has 1 aromatic carbocycles. The lowest BCUT2D eigenvalue weighted by Gasteiger charge is -2.39. The molecule has 1 aromatic heterocycles. The van der Waals surface area contributed by atoms with Crippen LogP contribution in [0.2, 0.25) is 5.02 Å². The van der Waals surface area contributed by atoms with Crippen LogP contribution in [0.15, 0.2) is 30.6 Å². The predicted octanol–water partition coefficient (Wildman–Crippen LogP) is 3.00. The van der Waals surface area contributed by atoms with E-state index in [0.29, 0.717) is 22.1 Å². The van der Waals surface area contributed by atoms with E-state index in [4.69, 9.17) is 21.7 Å². The van der Waals surface area contributed by atoms with E-state index in [0.717, 1.165) is 26.1 Å². The van der Waals surface area contributed by atoms with E-state index in [1.807, 2.05) is 0 Å². The molecule has 2 aliphatic heterocycles. The highest BCUT2D eigenvalue weighted by Gasteiger charge is 2.36. The molecule has 1 amide bonds. The highest BCUT2D eigenvalue weighted by molar-refractivity contribution is 6.30. The van der Waals surface area contributed by atoms with Crippen LogP contribution in [0, 0.1) is 11.2 Å². The van der Waals surface area contributed by atoms with Crippen molar-refractivity contribution in [3.63, 3.8) is 0 Å². The normalized spacial score (nSPS) is 19.8. The average molecular weight is 432 g/mol. The molecule has 0 aliphatic carbocycles. The number of aromatic nitrogens is 2. The third-order valence-corrected chi connectivity index (χ3v) is 5.55. The fraction of sp³-hybridized carbons (Fsp3) is 0.429. The number of amides is 1. The SMILES string of the molecule is CCCN1CC(Oc2cc(F)ccc2C(=O)N2CC(=N)C(c3ncc(Cl)cn3)C2)C1. The minimum absolute atomic E-state index is 0.0583. The monoisotopic (exact) mass is 431 g/mol. The van der Waals surface area contributed by atoms with Gasteiger partial charge in [-0.3, -0.25) is 9.69 Å². The minimum Gasteiger partial charge on any atom is -0.487 e. The van der Waals surface area contributed by atoms with Crippen LogP contribution in [0.1, 0.15) is 35.4 Å². The Bertz CT molecular complexity index is 949. The molecular formula is C21H23ClFN5O2. The number of nitrogens with zero attached hydrogens (tertiary/aromatic N) is 4. The van der Waals surface area contributed by atoms with Crippen LogP contribution in [-0.4, -0.2) is 70.2 Å². The summed E-state index contributed by atoms with van der Waals surface area (Å²) in [5, 5.41) is 8.70. The summed E-state index contributed by atoms with van der Waals surface area (Å²) in [5.74, 6) is -0.422. The van der Waals surface area contributed by atoms with Gasteiger partial charge < -0.3 is 15.0 Å². The Labute approximate surface area is 179 Å². The van der Waals surface area contributed by atoms with Crippen molar-refractivity contribution >= 4 is 23.2 Å². The van der Waals surface area contributed by atoms with Crippen molar-refractivity contribution in [3.05, 3.63) is 52.8 Å². The molecule has 2 aliphatic rings. The van der Waals surface area contributed by atoms with Gasteiger partial charge in [0, 0.05) is 43.8 Å². The minimum atomic E-state index is -0.451. The van der Waals surface area contributed by atoms with Crippen molar-refractivity contribution in [2.24, 2.45) is 0 Å². The van der Waals surface area contributed by atoms with Gasteiger partial charge in [0.05, 0.1) is 23.0 Å². The first kappa shape index (κ1) is 20.7. The molecular weight excluding hydrogens is 409 g/mol. The van der Waals surface area contributed by atoms with Crippen molar-refractivity contribution < 1.29 is 13.9 Å². The molecule has 1 atom stereocenters. The lowest BCUT2D eigenvalue weighted by Crippen LogP contribution is -2.53. The maximum atomic E-state index is 13.9. The number of rotatable bonds is 6. The topological polar surface area (TPSA) is 82.4 Å². The first-order valence-corrected chi connectivity index (χ1v) is 10.3. The van der Waals surface area contributed by atoms with Crippen LogP contribution in [-0.2, 0) is 0 Å². The molecule has 30 heavy (non-hydrogen) atoms. The maximum absolute atomic E-state index is 13.9. The Balaban J connectivity index is 1.48. The molecule has 3 heterocycles. The molecule has 2 fully saturated rings. The molecule has 158 valence electrons. The molecule has 0 saturated carbocycles. The Morgan fingerprint density at radius 2 is 2.03 bits per heavy atom. The number of benzene rings is 1. The second-order valence-electron chi connectivity index (χ2n) is 7.66. The summed E-state index contributed by atoms with van der Waals surface area (Å²) >= 11 is 5.84. The number of ether oxygens (including phenoxy) is 1. The van der Waals surface area contributed by atoms with Gasteiger partial charge in [-0.25, -0.2) is 14.4 Å². The van der Waals surface area contributed by atoms with E-state index in [1.54, 1.807) is 4.90 Å². The Morgan fingerprint density at radius 1 is 1.30 bits per heavy atom. The second-order valence-corrected chi connectivity index (χ2v) is 8.10. The van der Waals surface area contributed by atoms with Gasteiger partial charge in [0.2, 0.25) is 0 Å². The molecule has 7 nitrogen and oxygen atoms in total. The molecule has 0 spiro atoms. The van der Waals surface area contributed by atoms with E-state index >= 15 is 0 Å². The summed E-state index contributed by atoms with van der Waals surface area (Å²) in [6, 6.07) is 3.97. The van der Waals surface area contributed by atoms with E-state index in [1.165, 1.54) is 30.6 Å². The number of hydrogen-bond donors (Lipinski definition) is 1. The van der Waals surface area contributed by atoms with Crippen molar-refractivity contribution in [2.75, 3.05) is 32.7 Å². The largest absolute Gasteiger partial charge is 0.487 e. The molecule has 2 aromatic rings. The van der Waals surface area contributed by atoms with Gasteiger partial charge in [-0.2, -0.15) is 0 Å². The van der Waals surface area contributed by atoms with Gasteiger partial charge in [-0.15, -0.1) is 0 Å². The molecule has 1 N–H and O–H groups in total. The smallest absolute Gasteiger partial charge is 0.257 e. The lowest BCUT2D eigenvalue weighted by molar-refractivity contribution is 0.0192. The molecule has 9 heteroatoms. The first-order chi connectivity index (χ1) is 14.4. The Hall–Kier alpha value is -2.58. The van der Waals surface area contributed by atoms with Crippen LogP contribution >= 0.6 is 11.6 Å². The molecule has 0 bridgehead atoms. The summed E-state index contributed by atoms with van der Waals surface area (Å²) < 4.78 is 19.8. The van der Waals surface area contributed by atoms with E-state index in [-0.39, 0.29) is 36.8 Å². The zero-order valence-corrected chi connectivity index (χ0v) is 17.4. The second kappa shape index (κ2) is 8.65. The Morgan fingerprint density at radius 3 is 2.73 bits per heavy atom. The molecule has 2 saturated heterocycles. The number of carbonyl (C=O) groups is 1. The van der Waals surface area contributed by atoms with Crippen molar-refractivity contribution in [2.45, 2.75) is 25.4 Å². The molecule has 4 rings (SSSR count). The van der Waals surface area contributed by atoms with Crippen molar-refractivity contribution in [1.29, 1.82) is 5.41 Å². The summed E-state index contributed by atoms with van der Waals surface area (Å²) in [5.41, 5.74) is 0.653.